The molecule has 3 aromatic carbocycles. The number of hydrogen-bond donors (Lipinski definition) is 2. The van der Waals surface area contributed by atoms with Crippen molar-refractivity contribution in [3.63, 3.8) is 0 Å². The van der Waals surface area contributed by atoms with Crippen LogP contribution in [0, 0.1) is 12.8 Å². The Balaban J connectivity index is 1.37. The van der Waals surface area contributed by atoms with Crippen molar-refractivity contribution in [1.82, 2.24) is 24.9 Å². The number of carbonyl (C=O) groups is 3. The Kier molecular flexibility index (Phi) is 7.26. The molecular weight excluding hydrogens is 562 g/mol. The maximum absolute atomic E-state index is 14.2. The van der Waals surface area contributed by atoms with E-state index in [0.29, 0.717) is 22.7 Å². The van der Waals surface area contributed by atoms with Crippen LogP contribution in [0.5, 0.6) is 0 Å². The Labute approximate surface area is 255 Å². The molecule has 0 aliphatic carbocycles. The summed E-state index contributed by atoms with van der Waals surface area (Å²) in [6.45, 7) is 6.01. The zero-order valence-corrected chi connectivity index (χ0v) is 25.6. The van der Waals surface area contributed by atoms with Crippen LogP contribution in [0.1, 0.15) is 64.0 Å². The molecule has 3 atom stereocenters. The monoisotopic (exact) mass is 595 g/mol. The van der Waals surface area contributed by atoms with Crippen LogP contribution >= 0.6 is 11.6 Å². The van der Waals surface area contributed by atoms with Crippen molar-refractivity contribution in [2.24, 2.45) is 20.0 Å². The van der Waals surface area contributed by atoms with E-state index in [1.165, 1.54) is 0 Å². The number of fused-ring (bicyclic) bond motifs is 3. The van der Waals surface area contributed by atoms with Crippen LogP contribution in [-0.4, -0.2) is 37.8 Å². The first-order valence-electron chi connectivity index (χ1n) is 14.4. The summed E-state index contributed by atoms with van der Waals surface area (Å²) in [6.07, 6.45) is 0.650. The predicted octanol–water partition coefficient (Wildman–Crippen LogP) is 6.05. The lowest BCUT2D eigenvalue weighted by Gasteiger charge is -2.36. The molecule has 2 N–H and O–H groups in total. The van der Waals surface area contributed by atoms with E-state index in [2.05, 4.69) is 34.5 Å². The van der Waals surface area contributed by atoms with Crippen LogP contribution in [0.15, 0.2) is 72.8 Å². The van der Waals surface area contributed by atoms with Gasteiger partial charge in [0.05, 0.1) is 6.04 Å². The summed E-state index contributed by atoms with van der Waals surface area (Å²) in [5.41, 5.74) is 11.0. The van der Waals surface area contributed by atoms with Gasteiger partial charge in [0, 0.05) is 57.7 Å². The summed E-state index contributed by atoms with van der Waals surface area (Å²) in [7, 11) is 3.80. The van der Waals surface area contributed by atoms with Gasteiger partial charge >= 0.3 is 0 Å². The number of nitrogens with one attached hydrogen (secondary N) is 2. The van der Waals surface area contributed by atoms with Gasteiger partial charge in [-0.25, -0.2) is 0 Å². The van der Waals surface area contributed by atoms with Gasteiger partial charge in [0.1, 0.15) is 11.7 Å². The Morgan fingerprint density at radius 1 is 0.930 bits per heavy atom. The maximum atomic E-state index is 14.2. The molecule has 1 aliphatic heterocycles. The number of rotatable bonds is 6. The third-order valence-electron chi connectivity index (χ3n) is 9.01. The lowest BCUT2D eigenvalue weighted by molar-refractivity contribution is -0.128. The molecule has 6 rings (SSSR count). The standard InChI is InChI=1S/C34H34ClN5O3/c1-6-19(2)30(33(42)37-36-32(41)28-18-21-17-22(35)15-16-26(21)39(28)5)40-31(23-11-7-8-12-24(23)34(40)43)29-20(3)38(4)27-14-10-9-13-25(27)29/h7-19,30-31H,6H2,1-5H3,(H,36,41)(H,37,42). The van der Waals surface area contributed by atoms with Gasteiger partial charge in [-0.05, 0) is 54.8 Å². The summed E-state index contributed by atoms with van der Waals surface area (Å²) >= 11 is 6.15. The normalized spacial score (nSPS) is 16.0. The zero-order chi connectivity index (χ0) is 30.6. The van der Waals surface area contributed by atoms with Crippen molar-refractivity contribution >= 4 is 51.1 Å². The molecule has 220 valence electrons. The van der Waals surface area contributed by atoms with E-state index in [1.807, 2.05) is 63.4 Å². The third kappa shape index (κ3) is 4.57. The second-order valence-corrected chi connectivity index (χ2v) is 11.8. The van der Waals surface area contributed by atoms with E-state index in [9.17, 15) is 14.4 Å². The molecule has 2 aromatic heterocycles. The largest absolute Gasteiger partial charge is 0.348 e. The minimum absolute atomic E-state index is 0.201. The van der Waals surface area contributed by atoms with Gasteiger partial charge in [0.25, 0.3) is 17.7 Å². The molecule has 0 spiro atoms. The van der Waals surface area contributed by atoms with E-state index in [0.717, 1.165) is 38.6 Å². The molecule has 3 heterocycles. The Morgan fingerprint density at radius 3 is 2.42 bits per heavy atom. The van der Waals surface area contributed by atoms with Crippen molar-refractivity contribution < 1.29 is 14.4 Å². The molecule has 5 aromatic rings. The lowest BCUT2D eigenvalue weighted by atomic mass is 9.91. The highest BCUT2D eigenvalue weighted by Crippen LogP contribution is 2.45. The van der Waals surface area contributed by atoms with Crippen LogP contribution in [0.2, 0.25) is 5.02 Å². The highest BCUT2D eigenvalue weighted by molar-refractivity contribution is 6.31. The van der Waals surface area contributed by atoms with E-state index in [1.54, 1.807) is 34.7 Å². The number of amides is 3. The van der Waals surface area contributed by atoms with Gasteiger partial charge in [-0.3, -0.25) is 25.2 Å². The fraction of sp³-hybridized carbons (Fsp3) is 0.265. The molecule has 0 saturated heterocycles. The molecule has 8 nitrogen and oxygen atoms in total. The molecule has 3 unspecified atom stereocenters. The molecule has 0 bridgehead atoms. The third-order valence-corrected chi connectivity index (χ3v) is 9.24. The highest BCUT2D eigenvalue weighted by atomic mass is 35.5. The summed E-state index contributed by atoms with van der Waals surface area (Å²) in [5, 5.41) is 2.43. The van der Waals surface area contributed by atoms with E-state index in [-0.39, 0.29) is 11.8 Å². The van der Waals surface area contributed by atoms with Crippen molar-refractivity contribution in [1.29, 1.82) is 0 Å². The van der Waals surface area contributed by atoms with Crippen LogP contribution in [0.4, 0.5) is 0 Å². The van der Waals surface area contributed by atoms with Gasteiger partial charge < -0.3 is 14.0 Å². The molecule has 43 heavy (non-hydrogen) atoms. The number of hydrogen-bond acceptors (Lipinski definition) is 3. The van der Waals surface area contributed by atoms with E-state index in [4.69, 9.17) is 11.6 Å². The summed E-state index contributed by atoms with van der Waals surface area (Å²) < 4.78 is 3.88. The number of nitrogens with zero attached hydrogens (tertiary/aromatic N) is 3. The average molecular weight is 596 g/mol. The topological polar surface area (TPSA) is 88.4 Å². The van der Waals surface area contributed by atoms with Crippen LogP contribution in [0.3, 0.4) is 0 Å². The van der Waals surface area contributed by atoms with Gasteiger partial charge in [-0.1, -0.05) is 68.3 Å². The van der Waals surface area contributed by atoms with E-state index >= 15 is 0 Å². The fourth-order valence-electron chi connectivity index (χ4n) is 6.49. The van der Waals surface area contributed by atoms with Crippen molar-refractivity contribution in [2.75, 3.05) is 0 Å². The SMILES string of the molecule is CCC(C)C(C(=O)NNC(=O)c1cc2cc(Cl)ccc2n1C)N1C(=O)c2ccccc2C1c1c(C)n(C)c2ccccc12. The lowest BCUT2D eigenvalue weighted by Crippen LogP contribution is -2.56. The average Bonchev–Trinajstić information content (AvgIpc) is 3.58. The number of benzene rings is 3. The second-order valence-electron chi connectivity index (χ2n) is 11.3. The summed E-state index contributed by atoms with van der Waals surface area (Å²) in [6, 6.07) is 21.5. The number of aromatic nitrogens is 2. The predicted molar refractivity (Wildman–Crippen MR) is 169 cm³/mol. The highest BCUT2D eigenvalue weighted by Gasteiger charge is 2.47. The van der Waals surface area contributed by atoms with Crippen LogP contribution < -0.4 is 10.9 Å². The van der Waals surface area contributed by atoms with Crippen molar-refractivity contribution in [3.8, 4) is 0 Å². The molecule has 0 saturated carbocycles. The van der Waals surface area contributed by atoms with Crippen LogP contribution in [0.25, 0.3) is 21.8 Å². The minimum atomic E-state index is -0.847. The summed E-state index contributed by atoms with van der Waals surface area (Å²) in [4.78, 5) is 43.2. The second kappa shape index (κ2) is 10.9. The van der Waals surface area contributed by atoms with Crippen molar-refractivity contribution in [3.05, 3.63) is 106 Å². The van der Waals surface area contributed by atoms with Gasteiger partial charge in [-0.2, -0.15) is 0 Å². The van der Waals surface area contributed by atoms with Gasteiger partial charge in [-0.15, -0.1) is 0 Å². The van der Waals surface area contributed by atoms with Crippen molar-refractivity contribution in [2.45, 2.75) is 39.3 Å². The summed E-state index contributed by atoms with van der Waals surface area (Å²) in [5.74, 6) is -1.32. The molecule has 9 heteroatoms. The fourth-order valence-corrected chi connectivity index (χ4v) is 6.67. The molecular formula is C34H34ClN5O3. The molecule has 1 aliphatic rings. The Morgan fingerprint density at radius 2 is 1.65 bits per heavy atom. The Hall–Kier alpha value is -4.56. The number of halogens is 1. The number of para-hydroxylation sites is 1. The molecule has 0 fully saturated rings. The minimum Gasteiger partial charge on any atom is -0.348 e. The number of hydrazine groups is 1. The first-order valence-corrected chi connectivity index (χ1v) is 14.8. The van der Waals surface area contributed by atoms with Gasteiger partial charge in [0.2, 0.25) is 0 Å². The van der Waals surface area contributed by atoms with E-state index < -0.39 is 23.9 Å². The molecule has 3 amide bonds. The molecule has 0 radical (unpaired) electrons. The first-order chi connectivity index (χ1) is 20.6. The Bertz CT molecular complexity index is 1920. The first kappa shape index (κ1) is 28.6. The number of carbonyl (C=O) groups excluding carboxylic acids is 3. The zero-order valence-electron chi connectivity index (χ0n) is 24.8. The van der Waals surface area contributed by atoms with Crippen LogP contribution in [-0.2, 0) is 18.9 Å². The quantitative estimate of drug-likeness (QED) is 0.234. The smallest absolute Gasteiger partial charge is 0.286 e. The maximum Gasteiger partial charge on any atom is 0.286 e. The van der Waals surface area contributed by atoms with Gasteiger partial charge in [0.15, 0.2) is 0 Å². The number of aryl methyl sites for hydroxylation is 2.